The Morgan fingerprint density at radius 2 is 1.94 bits per heavy atom. The predicted molar refractivity (Wildman–Crippen MR) is 70.8 cm³/mol. The maximum absolute atomic E-state index is 11.8. The lowest BCUT2D eigenvalue weighted by atomic mass is 10.2. The van der Waals surface area contributed by atoms with Gasteiger partial charge in [-0.2, -0.15) is 0 Å². The number of hydrogen-bond donors (Lipinski definition) is 1. The van der Waals surface area contributed by atoms with E-state index < -0.39 is 10.0 Å². The maximum atomic E-state index is 11.8. The molecule has 0 atom stereocenters. The van der Waals surface area contributed by atoms with Gasteiger partial charge in [0.05, 0.1) is 26.2 Å². The molecule has 1 rings (SSSR count). The van der Waals surface area contributed by atoms with Crippen molar-refractivity contribution in [3.63, 3.8) is 0 Å². The fraction of sp³-hybridized carbons (Fsp3) is 0.455. The van der Waals surface area contributed by atoms with Gasteiger partial charge in [0.2, 0.25) is 10.0 Å². The fourth-order valence-corrected chi connectivity index (χ4v) is 2.51. The molecule has 0 unspecified atom stereocenters. The molecule has 1 aromatic carbocycles. The molecule has 0 spiro atoms. The Balaban J connectivity index is 3.33. The van der Waals surface area contributed by atoms with Crippen molar-refractivity contribution in [2.24, 2.45) is 5.73 Å². The summed E-state index contributed by atoms with van der Waals surface area (Å²) in [4.78, 5) is 0. The van der Waals surface area contributed by atoms with E-state index in [0.29, 0.717) is 17.2 Å². The van der Waals surface area contributed by atoms with Gasteiger partial charge in [-0.05, 0) is 12.1 Å². The number of nitrogens with zero attached hydrogens (tertiary/aromatic N) is 1. The summed E-state index contributed by atoms with van der Waals surface area (Å²) in [6.07, 6.45) is 1.13. The van der Waals surface area contributed by atoms with Gasteiger partial charge in [-0.15, -0.1) is 0 Å². The van der Waals surface area contributed by atoms with Crippen LogP contribution in [0, 0.1) is 0 Å². The minimum atomic E-state index is -3.42. The molecule has 0 aliphatic carbocycles. The minimum Gasteiger partial charge on any atom is -0.497 e. The monoisotopic (exact) mass is 274 g/mol. The lowest BCUT2D eigenvalue weighted by Crippen LogP contribution is -2.34. The van der Waals surface area contributed by atoms with Crippen molar-refractivity contribution >= 4 is 15.7 Å². The predicted octanol–water partition coefficient (Wildman–Crippen LogP) is 0.428. The first-order chi connectivity index (χ1) is 8.43. The van der Waals surface area contributed by atoms with Crippen LogP contribution >= 0.6 is 0 Å². The molecular formula is C11H18N2O4S. The van der Waals surface area contributed by atoms with Gasteiger partial charge in [0, 0.05) is 19.2 Å². The molecule has 0 saturated carbocycles. The number of rotatable bonds is 6. The van der Waals surface area contributed by atoms with Crippen LogP contribution < -0.4 is 19.5 Å². The third-order valence-electron chi connectivity index (χ3n) is 2.39. The summed E-state index contributed by atoms with van der Waals surface area (Å²) in [6.45, 7) is 0.399. The Labute approximate surface area is 107 Å². The lowest BCUT2D eigenvalue weighted by Gasteiger charge is -2.24. The highest BCUT2D eigenvalue weighted by atomic mass is 32.2. The van der Waals surface area contributed by atoms with Crippen LogP contribution in [-0.4, -0.2) is 42.0 Å². The summed E-state index contributed by atoms with van der Waals surface area (Å²) in [6, 6.07) is 4.96. The van der Waals surface area contributed by atoms with Gasteiger partial charge in [0.15, 0.2) is 0 Å². The van der Waals surface area contributed by atoms with E-state index in [1.807, 2.05) is 0 Å². The Morgan fingerprint density at radius 3 is 2.39 bits per heavy atom. The Hall–Kier alpha value is -1.47. The molecule has 2 N–H and O–H groups in total. The van der Waals surface area contributed by atoms with E-state index >= 15 is 0 Å². The van der Waals surface area contributed by atoms with Crippen molar-refractivity contribution in [1.82, 2.24) is 0 Å². The summed E-state index contributed by atoms with van der Waals surface area (Å²) in [5.41, 5.74) is 5.87. The normalized spacial score (nSPS) is 11.1. The fourth-order valence-electron chi connectivity index (χ4n) is 1.57. The van der Waals surface area contributed by atoms with Crippen molar-refractivity contribution in [3.8, 4) is 11.5 Å². The Bertz CT molecular complexity index is 502. The summed E-state index contributed by atoms with van der Waals surface area (Å²) in [5, 5.41) is 0. The second kappa shape index (κ2) is 5.92. The van der Waals surface area contributed by atoms with Crippen molar-refractivity contribution in [2.45, 2.75) is 0 Å². The maximum Gasteiger partial charge on any atom is 0.232 e. The largest absolute Gasteiger partial charge is 0.497 e. The smallest absolute Gasteiger partial charge is 0.232 e. The van der Waals surface area contributed by atoms with Crippen LogP contribution in [0.3, 0.4) is 0 Å². The van der Waals surface area contributed by atoms with Crippen LogP contribution in [-0.2, 0) is 10.0 Å². The van der Waals surface area contributed by atoms with E-state index in [0.717, 1.165) is 6.26 Å². The van der Waals surface area contributed by atoms with Crippen molar-refractivity contribution in [1.29, 1.82) is 0 Å². The zero-order chi connectivity index (χ0) is 13.8. The van der Waals surface area contributed by atoms with Gasteiger partial charge in [-0.25, -0.2) is 8.42 Å². The van der Waals surface area contributed by atoms with E-state index in [-0.39, 0.29) is 13.1 Å². The van der Waals surface area contributed by atoms with E-state index in [4.69, 9.17) is 15.2 Å². The van der Waals surface area contributed by atoms with Gasteiger partial charge in [-0.3, -0.25) is 4.31 Å². The molecule has 0 aromatic heterocycles. The van der Waals surface area contributed by atoms with Crippen LogP contribution in [0.2, 0.25) is 0 Å². The second-order valence-corrected chi connectivity index (χ2v) is 5.57. The summed E-state index contributed by atoms with van der Waals surface area (Å²) >= 11 is 0. The third kappa shape index (κ3) is 3.27. The Kier molecular flexibility index (Phi) is 4.80. The first-order valence-electron chi connectivity index (χ1n) is 5.34. The zero-order valence-corrected chi connectivity index (χ0v) is 11.5. The highest BCUT2D eigenvalue weighted by molar-refractivity contribution is 7.92. The van der Waals surface area contributed by atoms with Crippen LogP contribution in [0.4, 0.5) is 5.69 Å². The van der Waals surface area contributed by atoms with Crippen molar-refractivity contribution in [3.05, 3.63) is 18.2 Å². The van der Waals surface area contributed by atoms with Gasteiger partial charge in [-0.1, -0.05) is 0 Å². The van der Waals surface area contributed by atoms with Crippen LogP contribution in [0.15, 0.2) is 18.2 Å². The molecule has 7 heteroatoms. The quantitative estimate of drug-likeness (QED) is 0.813. The molecule has 0 aliphatic heterocycles. The summed E-state index contributed by atoms with van der Waals surface area (Å²) < 4.78 is 35.0. The molecule has 6 nitrogen and oxygen atoms in total. The second-order valence-electron chi connectivity index (χ2n) is 3.66. The molecule has 0 heterocycles. The molecule has 0 radical (unpaired) electrons. The molecule has 0 saturated heterocycles. The standard InChI is InChI=1S/C11H18N2O4S/c1-16-9-4-5-11(17-2)10(8-9)13(7-6-12)18(3,14)15/h4-5,8H,6-7,12H2,1-3H3. The first-order valence-corrected chi connectivity index (χ1v) is 7.18. The lowest BCUT2D eigenvalue weighted by molar-refractivity contribution is 0.403. The highest BCUT2D eigenvalue weighted by Gasteiger charge is 2.21. The van der Waals surface area contributed by atoms with Crippen LogP contribution in [0.1, 0.15) is 0 Å². The number of sulfonamides is 1. The van der Waals surface area contributed by atoms with Crippen molar-refractivity contribution < 1.29 is 17.9 Å². The molecular weight excluding hydrogens is 256 g/mol. The Morgan fingerprint density at radius 1 is 1.28 bits per heavy atom. The third-order valence-corrected chi connectivity index (χ3v) is 3.57. The minimum absolute atomic E-state index is 0.183. The molecule has 0 amide bonds. The number of anilines is 1. The number of benzene rings is 1. The van der Waals surface area contributed by atoms with Gasteiger partial charge >= 0.3 is 0 Å². The van der Waals surface area contributed by atoms with E-state index in [9.17, 15) is 8.42 Å². The molecule has 0 aliphatic rings. The molecule has 102 valence electrons. The number of methoxy groups -OCH3 is 2. The van der Waals surface area contributed by atoms with Gasteiger partial charge in [0.1, 0.15) is 11.5 Å². The molecule has 0 fully saturated rings. The average molecular weight is 274 g/mol. The number of hydrogen-bond acceptors (Lipinski definition) is 5. The highest BCUT2D eigenvalue weighted by Crippen LogP contribution is 2.33. The van der Waals surface area contributed by atoms with E-state index in [1.165, 1.54) is 18.5 Å². The van der Waals surface area contributed by atoms with Crippen molar-refractivity contribution in [2.75, 3.05) is 37.9 Å². The van der Waals surface area contributed by atoms with Crippen LogP contribution in [0.25, 0.3) is 0 Å². The number of ether oxygens (including phenoxy) is 2. The SMILES string of the molecule is COc1ccc(OC)c(N(CCN)S(C)(=O)=O)c1. The average Bonchev–Trinajstić information content (AvgIpc) is 2.33. The summed E-state index contributed by atoms with van der Waals surface area (Å²) in [5.74, 6) is 1.01. The zero-order valence-electron chi connectivity index (χ0n) is 10.7. The van der Waals surface area contributed by atoms with Gasteiger partial charge < -0.3 is 15.2 Å². The van der Waals surface area contributed by atoms with E-state index in [1.54, 1.807) is 18.2 Å². The summed E-state index contributed by atoms with van der Waals surface area (Å²) in [7, 11) is -0.426. The van der Waals surface area contributed by atoms with Gasteiger partial charge in [0.25, 0.3) is 0 Å². The number of nitrogens with two attached hydrogens (primary N) is 1. The van der Waals surface area contributed by atoms with E-state index in [2.05, 4.69) is 0 Å². The van der Waals surface area contributed by atoms with Crippen LogP contribution in [0.5, 0.6) is 11.5 Å². The molecule has 1 aromatic rings. The molecule has 0 bridgehead atoms. The first kappa shape index (κ1) is 14.6. The molecule has 18 heavy (non-hydrogen) atoms. The topological polar surface area (TPSA) is 81.9 Å².